The van der Waals surface area contributed by atoms with E-state index < -0.39 is 36.1 Å². The number of hydrogen-bond donors (Lipinski definition) is 2. The van der Waals surface area contributed by atoms with Gasteiger partial charge in [-0.15, -0.1) is 0 Å². The molecule has 2 rings (SSSR count). The van der Waals surface area contributed by atoms with Crippen molar-refractivity contribution in [3.8, 4) is 0 Å². The van der Waals surface area contributed by atoms with Gasteiger partial charge in [0.25, 0.3) is 17.0 Å². The van der Waals surface area contributed by atoms with E-state index in [-0.39, 0.29) is 16.8 Å². The number of esters is 1. The number of benzene rings is 1. The Morgan fingerprint density at radius 3 is 2.58 bits per heavy atom. The molecule has 0 unspecified atom stereocenters. The molecule has 1 amide bonds. The molecule has 2 N–H and O–H groups in total. The predicted octanol–water partition coefficient (Wildman–Crippen LogP) is 0.148. The molecule has 0 aliphatic heterocycles. The van der Waals surface area contributed by atoms with E-state index in [1.54, 1.807) is 12.1 Å². The second kappa shape index (κ2) is 7.58. The Hall–Kier alpha value is -2.90. The monoisotopic (exact) mass is 333 g/mol. The van der Waals surface area contributed by atoms with Crippen molar-refractivity contribution in [2.24, 2.45) is 0 Å². The van der Waals surface area contributed by atoms with Gasteiger partial charge in [-0.3, -0.25) is 24.3 Å². The van der Waals surface area contributed by atoms with Crippen LogP contribution in [0.4, 0.5) is 0 Å². The summed E-state index contributed by atoms with van der Waals surface area (Å²) in [5, 5.41) is 5.44. The first kappa shape index (κ1) is 17.5. The molecule has 24 heavy (non-hydrogen) atoms. The number of amides is 1. The molecule has 128 valence electrons. The van der Waals surface area contributed by atoms with E-state index in [0.29, 0.717) is 0 Å². The number of H-pyrrole nitrogens is 1. The van der Waals surface area contributed by atoms with E-state index in [1.807, 2.05) is 13.8 Å². The standard InChI is InChI=1S/C16H19N3O5/c1-3-10(2)17-13(20)9-24-14(21)8-19-16(23)12-7-5-4-6-11(12)15(22)18-19/h4-7,10H,3,8-9H2,1-2H3,(H,17,20)(H,18,22)/t10-/m1/s1. The van der Waals surface area contributed by atoms with E-state index in [2.05, 4.69) is 10.4 Å². The normalized spacial score (nSPS) is 11.9. The second-order valence-corrected chi connectivity index (χ2v) is 5.42. The molecule has 0 saturated heterocycles. The summed E-state index contributed by atoms with van der Waals surface area (Å²) < 4.78 is 5.70. The van der Waals surface area contributed by atoms with Gasteiger partial charge in [0.15, 0.2) is 6.61 Å². The van der Waals surface area contributed by atoms with Crippen molar-refractivity contribution in [1.29, 1.82) is 0 Å². The number of aromatic amines is 1. The summed E-state index contributed by atoms with van der Waals surface area (Å²) in [6, 6.07) is 6.29. The maximum absolute atomic E-state index is 12.2. The Labute approximate surface area is 137 Å². The molecule has 1 aromatic heterocycles. The molecule has 0 radical (unpaired) electrons. The minimum absolute atomic E-state index is 0.0179. The van der Waals surface area contributed by atoms with Crippen LogP contribution in [-0.4, -0.2) is 34.3 Å². The first-order chi connectivity index (χ1) is 11.4. The lowest BCUT2D eigenvalue weighted by Gasteiger charge is -2.11. The van der Waals surface area contributed by atoms with Gasteiger partial charge in [0, 0.05) is 6.04 Å². The van der Waals surface area contributed by atoms with Gasteiger partial charge < -0.3 is 10.1 Å². The zero-order valence-corrected chi connectivity index (χ0v) is 13.5. The van der Waals surface area contributed by atoms with Gasteiger partial charge in [-0.05, 0) is 25.5 Å². The van der Waals surface area contributed by atoms with Crippen LogP contribution in [0.25, 0.3) is 10.8 Å². The van der Waals surface area contributed by atoms with Crippen LogP contribution < -0.4 is 16.4 Å². The van der Waals surface area contributed by atoms with Gasteiger partial charge in [0.2, 0.25) is 0 Å². The Morgan fingerprint density at radius 2 is 1.92 bits per heavy atom. The van der Waals surface area contributed by atoms with Crippen molar-refractivity contribution in [1.82, 2.24) is 15.1 Å². The van der Waals surface area contributed by atoms with E-state index in [0.717, 1.165) is 11.1 Å². The maximum atomic E-state index is 12.2. The SMILES string of the molecule is CC[C@@H](C)NC(=O)COC(=O)Cn1[nH]c(=O)c2ccccc2c1=O. The molecule has 0 fully saturated rings. The molecule has 0 aliphatic rings. The number of rotatable bonds is 6. The quantitative estimate of drug-likeness (QED) is 0.731. The van der Waals surface area contributed by atoms with Crippen molar-refractivity contribution in [2.75, 3.05) is 6.61 Å². The Morgan fingerprint density at radius 1 is 1.25 bits per heavy atom. The fraction of sp³-hybridized carbons (Fsp3) is 0.375. The van der Waals surface area contributed by atoms with Crippen molar-refractivity contribution in [3.05, 3.63) is 45.0 Å². The van der Waals surface area contributed by atoms with E-state index in [4.69, 9.17) is 4.74 Å². The molecule has 2 aromatic rings. The minimum atomic E-state index is -0.790. The summed E-state index contributed by atoms with van der Waals surface area (Å²) in [7, 11) is 0. The highest BCUT2D eigenvalue weighted by Gasteiger charge is 2.13. The average Bonchev–Trinajstić information content (AvgIpc) is 2.57. The van der Waals surface area contributed by atoms with Gasteiger partial charge in [-0.1, -0.05) is 19.1 Å². The summed E-state index contributed by atoms with van der Waals surface area (Å²) in [6.45, 7) is 2.84. The third-order valence-corrected chi connectivity index (χ3v) is 3.55. The lowest BCUT2D eigenvalue weighted by atomic mass is 10.2. The summed E-state index contributed by atoms with van der Waals surface area (Å²) in [5.41, 5.74) is -0.987. The van der Waals surface area contributed by atoms with Gasteiger partial charge in [0.1, 0.15) is 6.54 Å². The Bertz CT molecular complexity index is 868. The highest BCUT2D eigenvalue weighted by Crippen LogP contribution is 2.02. The lowest BCUT2D eigenvalue weighted by Crippen LogP contribution is -2.37. The number of hydrogen-bond acceptors (Lipinski definition) is 5. The van der Waals surface area contributed by atoms with Gasteiger partial charge in [-0.2, -0.15) is 0 Å². The number of nitrogens with zero attached hydrogens (tertiary/aromatic N) is 1. The number of carbonyl (C=O) groups is 2. The van der Waals surface area contributed by atoms with Gasteiger partial charge >= 0.3 is 5.97 Å². The number of carbonyl (C=O) groups excluding carboxylic acids is 2. The van der Waals surface area contributed by atoms with Crippen LogP contribution >= 0.6 is 0 Å². The summed E-state index contributed by atoms with van der Waals surface area (Å²) >= 11 is 0. The fourth-order valence-corrected chi connectivity index (χ4v) is 2.10. The van der Waals surface area contributed by atoms with Crippen LogP contribution in [0.15, 0.2) is 33.9 Å². The molecule has 0 saturated carbocycles. The lowest BCUT2D eigenvalue weighted by molar-refractivity contribution is -0.149. The van der Waals surface area contributed by atoms with Crippen molar-refractivity contribution >= 4 is 22.6 Å². The van der Waals surface area contributed by atoms with Crippen LogP contribution in [0.2, 0.25) is 0 Å². The number of ether oxygens (including phenoxy) is 1. The highest BCUT2D eigenvalue weighted by atomic mass is 16.5. The zero-order valence-electron chi connectivity index (χ0n) is 13.5. The van der Waals surface area contributed by atoms with Gasteiger partial charge in [0.05, 0.1) is 10.8 Å². The Balaban J connectivity index is 2.06. The van der Waals surface area contributed by atoms with E-state index in [1.165, 1.54) is 12.1 Å². The van der Waals surface area contributed by atoms with Crippen LogP contribution in [-0.2, 0) is 20.9 Å². The van der Waals surface area contributed by atoms with E-state index >= 15 is 0 Å². The third-order valence-electron chi connectivity index (χ3n) is 3.55. The maximum Gasteiger partial charge on any atom is 0.328 e. The molecular formula is C16H19N3O5. The van der Waals surface area contributed by atoms with Crippen molar-refractivity contribution in [3.63, 3.8) is 0 Å². The fourth-order valence-electron chi connectivity index (χ4n) is 2.10. The molecule has 0 aliphatic carbocycles. The smallest absolute Gasteiger partial charge is 0.328 e. The molecular weight excluding hydrogens is 314 g/mol. The largest absolute Gasteiger partial charge is 0.454 e. The summed E-state index contributed by atoms with van der Waals surface area (Å²) in [4.78, 5) is 47.5. The molecule has 1 atom stereocenters. The van der Waals surface area contributed by atoms with Gasteiger partial charge in [-0.25, -0.2) is 4.68 Å². The van der Waals surface area contributed by atoms with Crippen LogP contribution in [0.3, 0.4) is 0 Å². The highest BCUT2D eigenvalue weighted by molar-refractivity contribution is 5.81. The number of aromatic nitrogens is 2. The molecule has 0 spiro atoms. The van der Waals surface area contributed by atoms with Crippen LogP contribution in [0.5, 0.6) is 0 Å². The number of fused-ring (bicyclic) bond motifs is 1. The summed E-state index contributed by atoms with van der Waals surface area (Å²) in [5.74, 6) is -1.21. The van der Waals surface area contributed by atoms with E-state index in [9.17, 15) is 19.2 Å². The molecule has 1 aromatic carbocycles. The van der Waals surface area contributed by atoms with Crippen molar-refractivity contribution < 1.29 is 14.3 Å². The molecule has 8 nitrogen and oxygen atoms in total. The second-order valence-electron chi connectivity index (χ2n) is 5.42. The minimum Gasteiger partial charge on any atom is -0.454 e. The number of nitrogens with one attached hydrogen (secondary N) is 2. The molecule has 0 bridgehead atoms. The van der Waals surface area contributed by atoms with Crippen LogP contribution in [0.1, 0.15) is 20.3 Å². The van der Waals surface area contributed by atoms with Crippen LogP contribution in [0, 0.1) is 0 Å². The van der Waals surface area contributed by atoms with Crippen molar-refractivity contribution in [2.45, 2.75) is 32.9 Å². The predicted molar refractivity (Wildman–Crippen MR) is 87.7 cm³/mol. The molecule has 1 heterocycles. The molecule has 8 heteroatoms. The Kier molecular flexibility index (Phi) is 5.51. The third kappa shape index (κ3) is 4.09. The topological polar surface area (TPSA) is 110 Å². The first-order valence-corrected chi connectivity index (χ1v) is 7.59. The first-order valence-electron chi connectivity index (χ1n) is 7.59. The zero-order chi connectivity index (χ0) is 17.7. The average molecular weight is 333 g/mol. The summed E-state index contributed by atoms with van der Waals surface area (Å²) in [6.07, 6.45) is 0.757.